The highest BCUT2D eigenvalue weighted by Gasteiger charge is 2.59. The van der Waals surface area contributed by atoms with Gasteiger partial charge in [-0.25, -0.2) is 4.79 Å². The lowest BCUT2D eigenvalue weighted by atomic mass is 9.67. The fourth-order valence-corrected chi connectivity index (χ4v) is 7.55. The van der Waals surface area contributed by atoms with Gasteiger partial charge >= 0.3 is 11.9 Å². The molecule has 2 saturated carbocycles. The van der Waals surface area contributed by atoms with Crippen LogP contribution in [0.4, 0.5) is 0 Å². The van der Waals surface area contributed by atoms with Crippen LogP contribution in [0.1, 0.15) is 52.0 Å². The first-order valence-corrected chi connectivity index (χ1v) is 14.5. The summed E-state index contributed by atoms with van der Waals surface area (Å²) in [6.45, 7) is 9.92. The van der Waals surface area contributed by atoms with Crippen molar-refractivity contribution in [2.45, 2.75) is 64.2 Å². The van der Waals surface area contributed by atoms with Crippen molar-refractivity contribution in [2.24, 2.45) is 41.4 Å². The van der Waals surface area contributed by atoms with Crippen LogP contribution >= 0.6 is 11.6 Å². The van der Waals surface area contributed by atoms with E-state index in [1.165, 1.54) is 7.11 Å². The number of fused-ring (bicyclic) bond motifs is 3. The summed E-state index contributed by atoms with van der Waals surface area (Å²) in [5, 5.41) is 0. The molecule has 3 aliphatic carbocycles. The summed E-state index contributed by atoms with van der Waals surface area (Å²) in [6.07, 6.45) is 9.53. The SMILES string of the molecule is C=C[C@H]1C=C[C@H]2[C@@H]3C[C@H](C)CC[C@H]3[C@H](Oc3ccc(CCl)cc3)[C@@H]2[C@H]1C1=C(CC(=O)OC)C(=O)OC(C)(C)O1. The van der Waals surface area contributed by atoms with E-state index in [0.29, 0.717) is 29.4 Å². The Labute approximate surface area is 236 Å². The summed E-state index contributed by atoms with van der Waals surface area (Å²) >= 11 is 6.03. The minimum Gasteiger partial charge on any atom is -0.490 e. The standard InChI is InChI=1S/C32H39ClO6/c1-6-20-10-14-22-24-15-18(2)7-13-23(24)29(37-21-11-8-19(17-33)9-12-21)28(22)27(20)30-25(16-26(34)36-5)31(35)39-32(3,4)38-30/h6,8-12,14,18,20,22-24,27-29H,1,7,13,15-17H2,2-5H3/t18-,20+,22+,23-,24+,27+,28+,29+/m1/s1. The molecule has 6 nitrogen and oxygen atoms in total. The Bertz CT molecular complexity index is 1170. The lowest BCUT2D eigenvalue weighted by Crippen LogP contribution is -2.45. The minimum absolute atomic E-state index is 0.0235. The number of halogens is 1. The van der Waals surface area contributed by atoms with Gasteiger partial charge in [0.05, 0.1) is 19.1 Å². The molecule has 0 unspecified atom stereocenters. The number of hydrogen-bond acceptors (Lipinski definition) is 6. The summed E-state index contributed by atoms with van der Waals surface area (Å²) in [5.74, 6) is 0.955. The van der Waals surface area contributed by atoms with Gasteiger partial charge in [0, 0.05) is 37.5 Å². The van der Waals surface area contributed by atoms with E-state index in [2.05, 4.69) is 25.7 Å². The van der Waals surface area contributed by atoms with Gasteiger partial charge in [-0.1, -0.05) is 43.7 Å². The average Bonchev–Trinajstić information content (AvgIpc) is 3.21. The van der Waals surface area contributed by atoms with Gasteiger partial charge in [-0.05, 0) is 54.2 Å². The van der Waals surface area contributed by atoms with Crippen molar-refractivity contribution in [3.05, 3.63) is 66.0 Å². The third kappa shape index (κ3) is 5.37. The molecule has 0 N–H and O–H groups in total. The van der Waals surface area contributed by atoms with Crippen molar-refractivity contribution in [3.8, 4) is 5.75 Å². The predicted octanol–water partition coefficient (Wildman–Crippen LogP) is 6.59. The van der Waals surface area contributed by atoms with Crippen molar-refractivity contribution < 1.29 is 28.5 Å². The van der Waals surface area contributed by atoms with Crippen molar-refractivity contribution in [1.29, 1.82) is 0 Å². The highest BCUT2D eigenvalue weighted by molar-refractivity contribution is 6.17. The highest BCUT2D eigenvalue weighted by atomic mass is 35.5. The predicted molar refractivity (Wildman–Crippen MR) is 149 cm³/mol. The zero-order valence-electron chi connectivity index (χ0n) is 23.2. The van der Waals surface area contributed by atoms with Gasteiger partial charge in [-0.2, -0.15) is 0 Å². The van der Waals surface area contributed by atoms with Gasteiger partial charge in [0.1, 0.15) is 17.6 Å². The molecule has 0 amide bonds. The molecule has 39 heavy (non-hydrogen) atoms. The molecule has 0 radical (unpaired) electrons. The van der Waals surface area contributed by atoms with Gasteiger partial charge in [0.2, 0.25) is 5.79 Å². The fourth-order valence-electron chi connectivity index (χ4n) is 7.37. The summed E-state index contributed by atoms with van der Waals surface area (Å²) in [6, 6.07) is 7.98. The molecule has 1 aromatic carbocycles. The molecule has 0 saturated heterocycles. The van der Waals surface area contributed by atoms with Crippen LogP contribution in [0.2, 0.25) is 0 Å². The number of methoxy groups -OCH3 is 1. The molecular formula is C32H39ClO6. The van der Waals surface area contributed by atoms with E-state index in [0.717, 1.165) is 30.6 Å². The van der Waals surface area contributed by atoms with E-state index in [1.807, 2.05) is 30.3 Å². The first-order valence-electron chi connectivity index (χ1n) is 14.0. The van der Waals surface area contributed by atoms with Crippen molar-refractivity contribution in [1.82, 2.24) is 0 Å². The first kappa shape index (κ1) is 27.8. The van der Waals surface area contributed by atoms with E-state index >= 15 is 0 Å². The summed E-state index contributed by atoms with van der Waals surface area (Å²) in [5.41, 5.74) is 1.26. The second-order valence-electron chi connectivity index (χ2n) is 12.0. The van der Waals surface area contributed by atoms with Gasteiger partial charge in [-0.15, -0.1) is 18.2 Å². The Balaban J connectivity index is 1.62. The third-order valence-electron chi connectivity index (χ3n) is 9.05. The number of ether oxygens (including phenoxy) is 4. The minimum atomic E-state index is -1.16. The lowest BCUT2D eigenvalue weighted by Gasteiger charge is -2.44. The molecule has 4 aliphatic rings. The van der Waals surface area contributed by atoms with Crippen LogP contribution in [0.25, 0.3) is 0 Å². The zero-order chi connectivity index (χ0) is 27.9. The number of cyclic esters (lactones) is 1. The number of allylic oxidation sites excluding steroid dienone is 4. The molecule has 8 atom stereocenters. The molecule has 7 heteroatoms. The molecular weight excluding hydrogens is 516 g/mol. The van der Waals surface area contributed by atoms with Crippen LogP contribution < -0.4 is 4.74 Å². The zero-order valence-corrected chi connectivity index (χ0v) is 24.0. The number of carbonyl (C=O) groups excluding carboxylic acids is 2. The second-order valence-corrected chi connectivity index (χ2v) is 12.2. The Hall–Kier alpha value is -2.73. The van der Waals surface area contributed by atoms with Gasteiger partial charge in [0.15, 0.2) is 0 Å². The monoisotopic (exact) mass is 554 g/mol. The van der Waals surface area contributed by atoms with Gasteiger partial charge in [0.25, 0.3) is 0 Å². The largest absolute Gasteiger partial charge is 0.490 e. The third-order valence-corrected chi connectivity index (χ3v) is 9.36. The lowest BCUT2D eigenvalue weighted by molar-refractivity contribution is -0.214. The van der Waals surface area contributed by atoms with Crippen LogP contribution in [0, 0.1) is 41.4 Å². The fraction of sp³-hybridized carbons (Fsp3) is 0.562. The Morgan fingerprint density at radius 2 is 1.90 bits per heavy atom. The van der Waals surface area contributed by atoms with Gasteiger partial charge < -0.3 is 18.9 Å². The molecule has 0 bridgehead atoms. The van der Waals surface area contributed by atoms with Crippen molar-refractivity contribution in [3.63, 3.8) is 0 Å². The number of hydrogen-bond donors (Lipinski definition) is 0. The van der Waals surface area contributed by atoms with E-state index in [9.17, 15) is 9.59 Å². The maximum Gasteiger partial charge on any atom is 0.341 e. The van der Waals surface area contributed by atoms with E-state index < -0.39 is 17.7 Å². The number of benzene rings is 1. The molecule has 1 heterocycles. The molecule has 210 valence electrons. The number of alkyl halides is 1. The molecule has 0 spiro atoms. The van der Waals surface area contributed by atoms with E-state index in [1.54, 1.807) is 13.8 Å². The Morgan fingerprint density at radius 1 is 1.15 bits per heavy atom. The first-order chi connectivity index (χ1) is 18.7. The van der Waals surface area contributed by atoms with Crippen molar-refractivity contribution in [2.75, 3.05) is 7.11 Å². The molecule has 2 fully saturated rings. The van der Waals surface area contributed by atoms with E-state index in [4.69, 9.17) is 30.5 Å². The molecule has 5 rings (SSSR count). The number of carbonyl (C=O) groups is 2. The quantitative estimate of drug-likeness (QED) is 0.215. The van der Waals surface area contributed by atoms with Gasteiger partial charge in [-0.3, -0.25) is 4.79 Å². The number of rotatable bonds is 7. The summed E-state index contributed by atoms with van der Waals surface area (Å²) in [4.78, 5) is 25.7. The summed E-state index contributed by atoms with van der Waals surface area (Å²) < 4.78 is 23.8. The maximum absolute atomic E-state index is 13.3. The molecule has 1 aromatic rings. The Kier molecular flexibility index (Phi) is 7.87. The van der Waals surface area contributed by atoms with Crippen molar-refractivity contribution >= 4 is 23.5 Å². The number of esters is 2. The van der Waals surface area contributed by atoms with E-state index in [-0.39, 0.29) is 41.8 Å². The maximum atomic E-state index is 13.3. The summed E-state index contributed by atoms with van der Waals surface area (Å²) in [7, 11) is 1.32. The molecule has 1 aliphatic heterocycles. The normalized spacial score (nSPS) is 34.8. The second kappa shape index (κ2) is 11.0. The smallest absolute Gasteiger partial charge is 0.341 e. The van der Waals surface area contributed by atoms with Crippen LogP contribution in [0.5, 0.6) is 5.75 Å². The van der Waals surface area contributed by atoms with Crippen LogP contribution in [0.15, 0.2) is 60.4 Å². The topological polar surface area (TPSA) is 71.1 Å². The Morgan fingerprint density at radius 3 is 2.56 bits per heavy atom. The highest BCUT2D eigenvalue weighted by Crippen LogP contribution is 2.59. The average molecular weight is 555 g/mol. The van der Waals surface area contributed by atoms with Crippen LogP contribution in [0.3, 0.4) is 0 Å². The molecule has 0 aromatic heterocycles. The van der Waals surface area contributed by atoms with Crippen LogP contribution in [-0.2, 0) is 29.7 Å². The van der Waals surface area contributed by atoms with Crippen LogP contribution in [-0.4, -0.2) is 30.9 Å².